The number of carbonyl (C=O) groups is 3. The van der Waals surface area contributed by atoms with Gasteiger partial charge in [0.25, 0.3) is 5.91 Å². The fraction of sp³-hybridized carbons (Fsp3) is 0.552. The Morgan fingerprint density at radius 2 is 1.92 bits per heavy atom. The first kappa shape index (κ1) is 27.1. The molecular weight excluding hydrogens is 470 g/mol. The first-order valence-electron chi connectivity index (χ1n) is 13.2. The third kappa shape index (κ3) is 4.50. The number of rotatable bonds is 11. The molecule has 1 aromatic carbocycles. The number of unbranched alkanes of at least 4 members (excludes halogenated alkanes) is 1. The number of aliphatic hydroxyl groups is 1. The van der Waals surface area contributed by atoms with Gasteiger partial charge in [-0.25, -0.2) is 0 Å². The van der Waals surface area contributed by atoms with E-state index in [0.29, 0.717) is 38.8 Å². The van der Waals surface area contributed by atoms with Crippen LogP contribution >= 0.6 is 0 Å². The molecule has 4 rings (SSSR count). The number of aliphatic hydroxyl groups excluding tert-OH is 1. The number of hydrogen-bond donors (Lipinski definition) is 1. The number of amides is 3. The minimum Gasteiger partial charge on any atom is -0.396 e. The van der Waals surface area contributed by atoms with Crippen LogP contribution in [0.2, 0.25) is 0 Å². The van der Waals surface area contributed by atoms with Crippen molar-refractivity contribution in [3.05, 3.63) is 54.6 Å². The number of benzene rings is 1. The van der Waals surface area contributed by atoms with E-state index < -0.39 is 29.6 Å². The Hall–Kier alpha value is -2.97. The average molecular weight is 510 g/mol. The summed E-state index contributed by atoms with van der Waals surface area (Å²) in [6, 6.07) is 5.11. The molecule has 8 heteroatoms. The van der Waals surface area contributed by atoms with Crippen molar-refractivity contribution < 1.29 is 24.2 Å². The Balaban J connectivity index is 1.77. The van der Waals surface area contributed by atoms with E-state index in [1.54, 1.807) is 33.9 Å². The molecule has 3 heterocycles. The topological polar surface area (TPSA) is 90.4 Å². The second-order valence-corrected chi connectivity index (χ2v) is 10.6. The number of fused-ring (bicyclic) bond motifs is 1. The van der Waals surface area contributed by atoms with Crippen molar-refractivity contribution >= 4 is 23.4 Å². The van der Waals surface area contributed by atoms with E-state index in [4.69, 9.17) is 4.74 Å². The summed E-state index contributed by atoms with van der Waals surface area (Å²) >= 11 is 0. The maximum atomic E-state index is 14.5. The van der Waals surface area contributed by atoms with E-state index in [1.807, 2.05) is 32.0 Å². The lowest BCUT2D eigenvalue weighted by molar-refractivity contribution is -0.144. The molecule has 1 N–H and O–H groups in total. The maximum Gasteiger partial charge on any atom is 0.253 e. The Bertz CT molecular complexity index is 1090. The van der Waals surface area contributed by atoms with Crippen LogP contribution in [0.3, 0.4) is 0 Å². The average Bonchev–Trinajstić information content (AvgIpc) is 3.51. The number of nitrogens with zero attached hydrogens (tertiary/aromatic N) is 3. The lowest BCUT2D eigenvalue weighted by Crippen LogP contribution is -2.56. The second-order valence-electron chi connectivity index (χ2n) is 10.6. The first-order valence-corrected chi connectivity index (χ1v) is 13.2. The highest BCUT2D eigenvalue weighted by molar-refractivity contribution is 6.05. The zero-order valence-electron chi connectivity index (χ0n) is 22.2. The summed E-state index contributed by atoms with van der Waals surface area (Å²) in [6.07, 6.45) is 5.19. The van der Waals surface area contributed by atoms with Crippen LogP contribution in [0.5, 0.6) is 0 Å². The van der Waals surface area contributed by atoms with E-state index >= 15 is 0 Å². The Morgan fingerprint density at radius 1 is 1.19 bits per heavy atom. The number of likely N-dealkylation sites (tertiary alicyclic amines) is 1. The molecule has 1 spiro atoms. The van der Waals surface area contributed by atoms with Gasteiger partial charge in [0.1, 0.15) is 11.6 Å². The fourth-order valence-electron chi connectivity index (χ4n) is 6.48. The molecule has 3 aliphatic heterocycles. The van der Waals surface area contributed by atoms with E-state index in [-0.39, 0.29) is 30.9 Å². The molecule has 3 aliphatic rings. The molecular formula is C29H39N3O5. The van der Waals surface area contributed by atoms with Gasteiger partial charge >= 0.3 is 0 Å². The standard InChI is InChI=1S/C29H39N3O5/c1-6-14-30(5)26(34)23-22-12-13-29(37-22)24(23)27(35)32(16-8-9-17-33)25(29)28(36)31(15-7-2)21-18-19(3)10-11-20(21)4/h6-7,10-11,18,22-25,33H,1-2,8-9,12-17H2,3-5H3/t22-,23+,24+,25?,29?/m1/s1. The van der Waals surface area contributed by atoms with Gasteiger partial charge in [0, 0.05) is 39.0 Å². The van der Waals surface area contributed by atoms with Crippen LogP contribution in [0.15, 0.2) is 43.5 Å². The first-order chi connectivity index (χ1) is 17.7. The third-order valence-electron chi connectivity index (χ3n) is 8.14. The predicted octanol–water partition coefficient (Wildman–Crippen LogP) is 2.61. The Labute approximate surface area is 219 Å². The summed E-state index contributed by atoms with van der Waals surface area (Å²) in [5.41, 5.74) is 1.69. The highest BCUT2D eigenvalue weighted by Gasteiger charge is 2.74. The van der Waals surface area contributed by atoms with E-state index in [2.05, 4.69) is 13.2 Å². The van der Waals surface area contributed by atoms with Gasteiger partial charge < -0.3 is 24.5 Å². The molecule has 0 radical (unpaired) electrons. The van der Waals surface area contributed by atoms with Crippen LogP contribution in [0.4, 0.5) is 5.69 Å². The molecule has 3 amide bonds. The van der Waals surface area contributed by atoms with Crippen molar-refractivity contribution in [1.29, 1.82) is 0 Å². The summed E-state index contributed by atoms with van der Waals surface area (Å²) in [4.78, 5) is 46.9. The summed E-state index contributed by atoms with van der Waals surface area (Å²) in [5, 5.41) is 9.36. The minimum absolute atomic E-state index is 0.00627. The quantitative estimate of drug-likeness (QED) is 0.366. The summed E-state index contributed by atoms with van der Waals surface area (Å²) < 4.78 is 6.55. The molecule has 0 saturated carbocycles. The van der Waals surface area contributed by atoms with Crippen LogP contribution in [-0.4, -0.2) is 83.7 Å². The predicted molar refractivity (Wildman–Crippen MR) is 142 cm³/mol. The Kier molecular flexibility index (Phi) is 7.90. The molecule has 3 fully saturated rings. The Morgan fingerprint density at radius 3 is 2.59 bits per heavy atom. The zero-order valence-corrected chi connectivity index (χ0v) is 22.2. The molecule has 1 aromatic rings. The molecule has 2 unspecified atom stereocenters. The van der Waals surface area contributed by atoms with Crippen molar-refractivity contribution in [3.63, 3.8) is 0 Å². The molecule has 0 aromatic heterocycles. The number of ether oxygens (including phenoxy) is 1. The lowest BCUT2D eigenvalue weighted by atomic mass is 9.70. The number of anilines is 1. The van der Waals surface area contributed by atoms with E-state index in [1.165, 1.54) is 0 Å². The van der Waals surface area contributed by atoms with Crippen molar-refractivity contribution in [2.45, 2.75) is 57.3 Å². The van der Waals surface area contributed by atoms with Crippen LogP contribution in [-0.2, 0) is 19.1 Å². The zero-order chi connectivity index (χ0) is 26.9. The van der Waals surface area contributed by atoms with Gasteiger partial charge in [0.2, 0.25) is 11.8 Å². The van der Waals surface area contributed by atoms with E-state index in [9.17, 15) is 19.5 Å². The number of hydrogen-bond acceptors (Lipinski definition) is 5. The molecule has 3 saturated heterocycles. The van der Waals surface area contributed by atoms with Gasteiger partial charge in [-0.15, -0.1) is 13.2 Å². The van der Waals surface area contributed by atoms with Crippen LogP contribution in [0.1, 0.15) is 36.8 Å². The molecule has 37 heavy (non-hydrogen) atoms. The molecule has 2 bridgehead atoms. The van der Waals surface area contributed by atoms with E-state index in [0.717, 1.165) is 16.8 Å². The van der Waals surface area contributed by atoms with Crippen molar-refractivity contribution in [2.24, 2.45) is 11.8 Å². The van der Waals surface area contributed by atoms with Gasteiger partial charge in [-0.2, -0.15) is 0 Å². The summed E-state index contributed by atoms with van der Waals surface area (Å²) in [5.74, 6) is -1.91. The largest absolute Gasteiger partial charge is 0.396 e. The highest BCUT2D eigenvalue weighted by Crippen LogP contribution is 2.59. The van der Waals surface area contributed by atoms with Gasteiger partial charge in [-0.3, -0.25) is 14.4 Å². The summed E-state index contributed by atoms with van der Waals surface area (Å²) in [6.45, 7) is 12.5. The third-order valence-corrected chi connectivity index (χ3v) is 8.14. The lowest BCUT2D eigenvalue weighted by Gasteiger charge is -2.37. The van der Waals surface area contributed by atoms with Gasteiger partial charge in [0.05, 0.1) is 17.9 Å². The van der Waals surface area contributed by atoms with Crippen molar-refractivity contribution in [2.75, 3.05) is 38.2 Å². The van der Waals surface area contributed by atoms with Gasteiger partial charge in [-0.1, -0.05) is 24.3 Å². The maximum absolute atomic E-state index is 14.5. The number of aryl methyl sites for hydroxylation is 2. The molecule has 5 atom stereocenters. The normalized spacial score (nSPS) is 27.8. The van der Waals surface area contributed by atoms with Crippen LogP contribution in [0.25, 0.3) is 0 Å². The van der Waals surface area contributed by atoms with Crippen LogP contribution < -0.4 is 4.90 Å². The van der Waals surface area contributed by atoms with Gasteiger partial charge in [-0.05, 0) is 56.7 Å². The second kappa shape index (κ2) is 10.8. The monoisotopic (exact) mass is 509 g/mol. The fourth-order valence-corrected chi connectivity index (χ4v) is 6.48. The number of likely N-dealkylation sites (N-methyl/N-ethyl adjacent to an activating group) is 1. The summed E-state index contributed by atoms with van der Waals surface area (Å²) in [7, 11) is 1.70. The molecule has 0 aliphatic carbocycles. The van der Waals surface area contributed by atoms with Crippen LogP contribution in [0, 0.1) is 25.7 Å². The number of carbonyl (C=O) groups excluding carboxylic acids is 3. The van der Waals surface area contributed by atoms with Crippen molar-refractivity contribution in [3.8, 4) is 0 Å². The molecule has 8 nitrogen and oxygen atoms in total. The minimum atomic E-state index is -1.05. The van der Waals surface area contributed by atoms with Crippen molar-refractivity contribution in [1.82, 2.24) is 9.80 Å². The van der Waals surface area contributed by atoms with Gasteiger partial charge in [0.15, 0.2) is 0 Å². The smallest absolute Gasteiger partial charge is 0.253 e. The SMILES string of the molecule is C=CCN(C)C(=O)[C@@H]1[C@H]2C(=O)N(CCCCO)C(C(=O)N(CC=C)c3cc(C)ccc3C)C23CC[C@H]1O3. The molecule has 200 valence electrons. The highest BCUT2D eigenvalue weighted by atomic mass is 16.5.